The van der Waals surface area contributed by atoms with Crippen LogP contribution in [-0.4, -0.2) is 71.9 Å². The Labute approximate surface area is 300 Å². The average molecular weight is 697 g/mol. The van der Waals surface area contributed by atoms with Gasteiger partial charge in [-0.1, -0.05) is 42.5 Å². The number of methoxy groups -OCH3 is 1. The van der Waals surface area contributed by atoms with Crippen LogP contribution in [0.1, 0.15) is 80.3 Å². The number of nitrogens with one attached hydrogen (secondary N) is 3. The molecule has 3 aromatic carbocycles. The number of fused-ring (bicyclic) bond motifs is 3. The number of H-pyrrole nitrogens is 2. The zero-order valence-electron chi connectivity index (χ0n) is 28.9. The Morgan fingerprint density at radius 2 is 1.77 bits per heavy atom. The van der Waals surface area contributed by atoms with E-state index in [4.69, 9.17) is 14.7 Å². The SMILES string of the molecule is COC(=O)N[C@@H](C(=O)N1CCCC1c1nc2ccc(-n3cc4ccc(-c5cnc([C@@H]6CC[C@@H]7CCCC(=O)N76)[nH]5)cc4c3)cc2[nH]1)c1ccccc1. The van der Waals surface area contributed by atoms with Gasteiger partial charge in [0.05, 0.1) is 42.1 Å². The summed E-state index contributed by atoms with van der Waals surface area (Å²) in [5.74, 6) is 1.65. The molecule has 3 aliphatic heterocycles. The molecule has 3 N–H and O–H groups in total. The van der Waals surface area contributed by atoms with E-state index >= 15 is 0 Å². The highest BCUT2D eigenvalue weighted by Gasteiger charge is 2.41. The molecule has 3 fully saturated rings. The number of aromatic amines is 2. The lowest BCUT2D eigenvalue weighted by Crippen LogP contribution is -2.42. The average Bonchev–Trinajstić information content (AvgIpc) is 4.01. The third kappa shape index (κ3) is 5.68. The molecule has 0 saturated carbocycles. The molecule has 12 nitrogen and oxygen atoms in total. The molecule has 9 rings (SSSR count). The number of imidazole rings is 2. The van der Waals surface area contributed by atoms with Crippen LogP contribution in [0.4, 0.5) is 4.79 Å². The number of amides is 3. The fourth-order valence-corrected chi connectivity index (χ4v) is 8.47. The minimum atomic E-state index is -0.871. The fraction of sp³-hybridized carbons (Fsp3) is 0.325. The summed E-state index contributed by atoms with van der Waals surface area (Å²) < 4.78 is 6.95. The van der Waals surface area contributed by atoms with Gasteiger partial charge in [-0.2, -0.15) is 0 Å². The highest BCUT2D eigenvalue weighted by atomic mass is 16.5. The number of nitrogens with zero attached hydrogens (tertiary/aromatic N) is 5. The smallest absolute Gasteiger partial charge is 0.407 e. The second-order valence-electron chi connectivity index (χ2n) is 14.1. The molecular formula is C40H40N8O4. The first kappa shape index (κ1) is 32.0. The molecule has 264 valence electrons. The van der Waals surface area contributed by atoms with Gasteiger partial charge in [0.25, 0.3) is 5.91 Å². The first-order chi connectivity index (χ1) is 25.4. The van der Waals surface area contributed by atoms with Crippen molar-refractivity contribution in [3.05, 3.63) is 103 Å². The van der Waals surface area contributed by atoms with Crippen molar-refractivity contribution >= 4 is 39.7 Å². The Morgan fingerprint density at radius 1 is 0.904 bits per heavy atom. The topological polar surface area (TPSA) is 141 Å². The molecule has 0 aliphatic carbocycles. The van der Waals surface area contributed by atoms with Crippen LogP contribution in [0.3, 0.4) is 0 Å². The van der Waals surface area contributed by atoms with Gasteiger partial charge in [-0.05, 0) is 73.7 Å². The van der Waals surface area contributed by atoms with E-state index in [-0.39, 0.29) is 23.9 Å². The van der Waals surface area contributed by atoms with E-state index in [1.165, 1.54) is 7.11 Å². The lowest BCUT2D eigenvalue weighted by Gasteiger charge is -2.33. The molecule has 3 aromatic heterocycles. The minimum Gasteiger partial charge on any atom is -0.453 e. The van der Waals surface area contributed by atoms with Gasteiger partial charge < -0.3 is 34.4 Å². The predicted octanol–water partition coefficient (Wildman–Crippen LogP) is 6.87. The van der Waals surface area contributed by atoms with Crippen LogP contribution >= 0.6 is 0 Å². The summed E-state index contributed by atoms with van der Waals surface area (Å²) in [7, 11) is 1.29. The maximum absolute atomic E-state index is 14.0. The molecule has 3 amide bonds. The Balaban J connectivity index is 0.951. The molecule has 6 heterocycles. The lowest BCUT2D eigenvalue weighted by molar-refractivity contribution is -0.137. The van der Waals surface area contributed by atoms with Gasteiger partial charge in [-0.3, -0.25) is 9.59 Å². The molecule has 52 heavy (non-hydrogen) atoms. The third-order valence-electron chi connectivity index (χ3n) is 11.0. The van der Waals surface area contributed by atoms with Gasteiger partial charge in [0.1, 0.15) is 17.7 Å². The van der Waals surface area contributed by atoms with Gasteiger partial charge in [-0.25, -0.2) is 14.8 Å². The van der Waals surface area contributed by atoms with Crippen molar-refractivity contribution in [2.45, 2.75) is 69.1 Å². The summed E-state index contributed by atoms with van der Waals surface area (Å²) in [5.41, 5.74) is 5.36. The van der Waals surface area contributed by atoms with E-state index in [0.717, 1.165) is 88.9 Å². The number of rotatable bonds is 7. The van der Waals surface area contributed by atoms with E-state index < -0.39 is 12.1 Å². The van der Waals surface area contributed by atoms with Crippen molar-refractivity contribution in [3.63, 3.8) is 0 Å². The number of aromatic nitrogens is 5. The monoisotopic (exact) mass is 696 g/mol. The van der Waals surface area contributed by atoms with Gasteiger partial charge in [0.2, 0.25) is 5.91 Å². The quantitative estimate of drug-likeness (QED) is 0.166. The number of likely N-dealkylation sites (tertiary alicyclic amines) is 1. The van der Waals surface area contributed by atoms with Crippen LogP contribution in [0.15, 0.2) is 85.3 Å². The summed E-state index contributed by atoms with van der Waals surface area (Å²) >= 11 is 0. The maximum Gasteiger partial charge on any atom is 0.407 e. The molecule has 3 aliphatic rings. The largest absolute Gasteiger partial charge is 0.453 e. The van der Waals surface area contributed by atoms with Crippen LogP contribution < -0.4 is 5.32 Å². The number of alkyl carbamates (subject to hydrolysis) is 1. The summed E-state index contributed by atoms with van der Waals surface area (Å²) in [6.07, 6.45) is 11.8. The summed E-state index contributed by atoms with van der Waals surface area (Å²) in [6.45, 7) is 0.564. The predicted molar refractivity (Wildman–Crippen MR) is 195 cm³/mol. The van der Waals surface area contributed by atoms with Crippen molar-refractivity contribution in [2.75, 3.05) is 13.7 Å². The summed E-state index contributed by atoms with van der Waals surface area (Å²) in [5, 5.41) is 4.94. The lowest BCUT2D eigenvalue weighted by atomic mass is 10.0. The second-order valence-corrected chi connectivity index (χ2v) is 14.1. The second kappa shape index (κ2) is 13.0. The fourth-order valence-electron chi connectivity index (χ4n) is 8.47. The standard InChI is InChI=1S/C40H40N8O4/c1-52-40(51)45-36(24-7-3-2-4-8-24)39(50)47-18-6-10-33(47)38-42-30-16-14-29(20-31(30)43-38)46-22-26-13-12-25(19-27(26)23-46)32-21-41-37(44-32)34-17-15-28-9-5-11-35(49)48(28)34/h2-4,7-8,12-14,16,19-23,28,33-34,36H,5-6,9-11,15,17-18H2,1H3,(H,41,44)(H,42,43)(H,45,51)/t28-,33?,34-,36+/m0/s1. The molecule has 12 heteroatoms. The van der Waals surface area contributed by atoms with E-state index in [1.54, 1.807) is 0 Å². The molecule has 0 bridgehead atoms. The van der Waals surface area contributed by atoms with Crippen molar-refractivity contribution in [3.8, 4) is 16.9 Å². The number of hydrogen-bond acceptors (Lipinski definition) is 6. The molecule has 0 radical (unpaired) electrons. The van der Waals surface area contributed by atoms with Gasteiger partial charge in [0, 0.05) is 48.0 Å². The molecule has 4 atom stereocenters. The van der Waals surface area contributed by atoms with E-state index in [0.29, 0.717) is 24.6 Å². The highest BCUT2D eigenvalue weighted by molar-refractivity contribution is 5.89. The number of ether oxygens (including phenoxy) is 1. The number of carbonyl (C=O) groups is 3. The van der Waals surface area contributed by atoms with Crippen LogP contribution in [0, 0.1) is 0 Å². The number of carbonyl (C=O) groups excluding carboxylic acids is 3. The summed E-state index contributed by atoms with van der Waals surface area (Å²) in [4.78, 5) is 59.5. The van der Waals surface area contributed by atoms with Crippen LogP contribution in [0.25, 0.3) is 38.8 Å². The van der Waals surface area contributed by atoms with Crippen molar-refractivity contribution in [2.24, 2.45) is 0 Å². The zero-order valence-corrected chi connectivity index (χ0v) is 28.9. The Kier molecular flexibility index (Phi) is 8.01. The van der Waals surface area contributed by atoms with E-state index in [9.17, 15) is 14.4 Å². The van der Waals surface area contributed by atoms with Crippen molar-refractivity contribution < 1.29 is 19.1 Å². The van der Waals surface area contributed by atoms with Crippen molar-refractivity contribution in [1.82, 2.24) is 39.6 Å². The maximum atomic E-state index is 14.0. The Bertz CT molecular complexity index is 2310. The van der Waals surface area contributed by atoms with Crippen LogP contribution in [0.2, 0.25) is 0 Å². The highest BCUT2D eigenvalue weighted by Crippen LogP contribution is 2.41. The molecular weight excluding hydrogens is 656 g/mol. The molecule has 1 unspecified atom stereocenters. The van der Waals surface area contributed by atoms with Crippen LogP contribution in [0.5, 0.6) is 0 Å². The normalized spacial score (nSPS) is 20.8. The van der Waals surface area contributed by atoms with E-state index in [1.807, 2.05) is 53.6 Å². The van der Waals surface area contributed by atoms with Gasteiger partial charge >= 0.3 is 6.09 Å². The number of benzene rings is 3. The van der Waals surface area contributed by atoms with Gasteiger partial charge in [-0.15, -0.1) is 0 Å². The third-order valence-corrected chi connectivity index (χ3v) is 11.0. The van der Waals surface area contributed by atoms with Crippen LogP contribution in [-0.2, 0) is 14.3 Å². The van der Waals surface area contributed by atoms with Crippen molar-refractivity contribution in [1.29, 1.82) is 0 Å². The molecule has 3 saturated heterocycles. The Morgan fingerprint density at radius 3 is 2.63 bits per heavy atom. The number of hydrogen-bond donors (Lipinski definition) is 3. The first-order valence-corrected chi connectivity index (χ1v) is 18.1. The van der Waals surface area contributed by atoms with E-state index in [2.05, 4.69) is 61.4 Å². The first-order valence-electron chi connectivity index (χ1n) is 18.1. The molecule has 0 spiro atoms. The summed E-state index contributed by atoms with van der Waals surface area (Å²) in [6, 6.07) is 21.0. The number of piperidine rings is 1. The minimum absolute atomic E-state index is 0.0290. The molecule has 6 aromatic rings. The van der Waals surface area contributed by atoms with Gasteiger partial charge in [0.15, 0.2) is 0 Å². The Hall–Kier alpha value is -5.91. The zero-order chi connectivity index (χ0) is 35.3.